The second-order valence-electron chi connectivity index (χ2n) is 5.88. The summed E-state index contributed by atoms with van der Waals surface area (Å²) in [7, 11) is 1.29. The average Bonchev–Trinajstić information content (AvgIpc) is 3.12. The van der Waals surface area contributed by atoms with Crippen molar-refractivity contribution in [3.8, 4) is 0 Å². The highest BCUT2D eigenvalue weighted by Gasteiger charge is 2.41. The summed E-state index contributed by atoms with van der Waals surface area (Å²) in [5, 5.41) is 0. The standard InChI is InChI=1S/C16H21NO5/c1-7-6-11(7)15(19)22-10(4)14(18)13-8(2)12(9(3)17-13)16(20)21-5/h7,10-11,17H,6H2,1-5H3/t7-,10+,11-/m1/s1. The average molecular weight is 307 g/mol. The Labute approximate surface area is 129 Å². The van der Waals surface area contributed by atoms with E-state index < -0.39 is 12.1 Å². The summed E-state index contributed by atoms with van der Waals surface area (Å²) < 4.78 is 9.94. The number of aromatic nitrogens is 1. The van der Waals surface area contributed by atoms with E-state index in [9.17, 15) is 14.4 Å². The zero-order valence-electron chi connectivity index (χ0n) is 13.5. The first-order valence-corrected chi connectivity index (χ1v) is 7.30. The highest BCUT2D eigenvalue weighted by atomic mass is 16.5. The molecule has 6 heteroatoms. The topological polar surface area (TPSA) is 85.5 Å². The number of rotatable bonds is 5. The van der Waals surface area contributed by atoms with Gasteiger partial charge in [0.25, 0.3) is 0 Å². The Bertz CT molecular complexity index is 631. The van der Waals surface area contributed by atoms with Crippen molar-refractivity contribution in [2.45, 2.75) is 40.2 Å². The molecule has 1 aliphatic rings. The van der Waals surface area contributed by atoms with E-state index in [1.807, 2.05) is 6.92 Å². The number of aromatic amines is 1. The first-order valence-electron chi connectivity index (χ1n) is 7.30. The third kappa shape index (κ3) is 2.91. The van der Waals surface area contributed by atoms with Crippen molar-refractivity contribution in [1.82, 2.24) is 4.98 Å². The van der Waals surface area contributed by atoms with Crippen LogP contribution in [0.3, 0.4) is 0 Å². The molecule has 1 saturated carbocycles. The molecule has 1 aromatic heterocycles. The van der Waals surface area contributed by atoms with Crippen LogP contribution in [0.2, 0.25) is 0 Å². The fraction of sp³-hybridized carbons (Fsp3) is 0.562. The van der Waals surface area contributed by atoms with E-state index in [1.165, 1.54) is 7.11 Å². The molecule has 0 saturated heterocycles. The first-order chi connectivity index (χ1) is 10.3. The van der Waals surface area contributed by atoms with Gasteiger partial charge in [0, 0.05) is 5.69 Å². The van der Waals surface area contributed by atoms with Gasteiger partial charge in [-0.05, 0) is 38.7 Å². The number of H-pyrrole nitrogens is 1. The summed E-state index contributed by atoms with van der Waals surface area (Å²) in [4.78, 5) is 38.9. The van der Waals surface area contributed by atoms with Crippen molar-refractivity contribution in [3.05, 3.63) is 22.5 Å². The van der Waals surface area contributed by atoms with Crippen LogP contribution in [0.5, 0.6) is 0 Å². The van der Waals surface area contributed by atoms with Gasteiger partial charge in [0.1, 0.15) is 0 Å². The van der Waals surface area contributed by atoms with Gasteiger partial charge in [-0.25, -0.2) is 4.79 Å². The van der Waals surface area contributed by atoms with Crippen molar-refractivity contribution < 1.29 is 23.9 Å². The van der Waals surface area contributed by atoms with Crippen LogP contribution in [0.1, 0.15) is 52.4 Å². The highest BCUT2D eigenvalue weighted by molar-refractivity contribution is 6.04. The number of hydrogen-bond acceptors (Lipinski definition) is 5. The van der Waals surface area contributed by atoms with Gasteiger partial charge in [0.05, 0.1) is 24.3 Å². The summed E-state index contributed by atoms with van der Waals surface area (Å²) >= 11 is 0. The summed E-state index contributed by atoms with van der Waals surface area (Å²) in [5.74, 6) is -0.941. The fourth-order valence-electron chi connectivity index (χ4n) is 2.57. The minimum Gasteiger partial charge on any atom is -0.465 e. The third-order valence-electron chi connectivity index (χ3n) is 4.15. The van der Waals surface area contributed by atoms with Crippen molar-refractivity contribution in [2.75, 3.05) is 7.11 Å². The second-order valence-corrected chi connectivity index (χ2v) is 5.88. The molecule has 0 bridgehead atoms. The van der Waals surface area contributed by atoms with Gasteiger partial charge >= 0.3 is 11.9 Å². The third-order valence-corrected chi connectivity index (χ3v) is 4.15. The van der Waals surface area contributed by atoms with E-state index in [4.69, 9.17) is 9.47 Å². The van der Waals surface area contributed by atoms with Crippen molar-refractivity contribution in [3.63, 3.8) is 0 Å². The Kier molecular flexibility index (Phi) is 4.39. The van der Waals surface area contributed by atoms with E-state index in [1.54, 1.807) is 20.8 Å². The lowest BCUT2D eigenvalue weighted by Crippen LogP contribution is -2.26. The number of nitrogens with one attached hydrogen (secondary N) is 1. The van der Waals surface area contributed by atoms with Crippen molar-refractivity contribution in [1.29, 1.82) is 0 Å². The molecule has 22 heavy (non-hydrogen) atoms. The quantitative estimate of drug-likeness (QED) is 0.665. The summed E-state index contributed by atoms with van der Waals surface area (Å²) in [5.41, 5.74) is 1.70. The van der Waals surface area contributed by atoms with Crippen molar-refractivity contribution >= 4 is 17.7 Å². The molecular formula is C16H21NO5. The van der Waals surface area contributed by atoms with Crippen LogP contribution in [0.25, 0.3) is 0 Å². The Morgan fingerprint density at radius 1 is 1.27 bits per heavy atom. The lowest BCUT2D eigenvalue weighted by atomic mass is 10.1. The smallest absolute Gasteiger partial charge is 0.339 e. The normalized spacial score (nSPS) is 21.1. The molecule has 2 rings (SSSR count). The zero-order valence-corrected chi connectivity index (χ0v) is 13.5. The second kappa shape index (κ2) is 5.94. The SMILES string of the molecule is COC(=O)c1c(C)[nH]c(C(=O)[C@H](C)OC(=O)[C@@H]2C[C@H]2C)c1C. The summed E-state index contributed by atoms with van der Waals surface area (Å²) in [6, 6.07) is 0. The van der Waals surface area contributed by atoms with E-state index in [-0.39, 0.29) is 23.4 Å². The number of esters is 2. The molecule has 1 aliphatic carbocycles. The minimum absolute atomic E-state index is 0.0904. The van der Waals surface area contributed by atoms with Crippen LogP contribution in [0.4, 0.5) is 0 Å². The molecule has 1 aromatic rings. The number of carbonyl (C=O) groups is 3. The van der Waals surface area contributed by atoms with Crippen LogP contribution in [0.15, 0.2) is 0 Å². The van der Waals surface area contributed by atoms with E-state index in [2.05, 4.69) is 4.98 Å². The largest absolute Gasteiger partial charge is 0.465 e. The Morgan fingerprint density at radius 2 is 1.86 bits per heavy atom. The lowest BCUT2D eigenvalue weighted by molar-refractivity contribution is -0.148. The molecule has 1 fully saturated rings. The van der Waals surface area contributed by atoms with E-state index >= 15 is 0 Å². The highest BCUT2D eigenvalue weighted by Crippen LogP contribution is 2.39. The minimum atomic E-state index is -0.887. The van der Waals surface area contributed by atoms with Gasteiger partial charge in [0.2, 0.25) is 5.78 Å². The lowest BCUT2D eigenvalue weighted by Gasteiger charge is -2.12. The molecule has 0 aliphatic heterocycles. The molecule has 0 spiro atoms. The maximum atomic E-state index is 12.4. The van der Waals surface area contributed by atoms with Crippen LogP contribution < -0.4 is 0 Å². The molecular weight excluding hydrogens is 286 g/mol. The predicted octanol–water partition coefficient (Wildman–Crippen LogP) is 2.19. The summed E-state index contributed by atoms with van der Waals surface area (Å²) in [6.45, 7) is 6.87. The van der Waals surface area contributed by atoms with Gasteiger partial charge in [-0.1, -0.05) is 6.92 Å². The van der Waals surface area contributed by atoms with Gasteiger partial charge in [-0.3, -0.25) is 9.59 Å². The molecule has 0 unspecified atom stereocenters. The van der Waals surface area contributed by atoms with Gasteiger partial charge in [-0.15, -0.1) is 0 Å². The zero-order chi connectivity index (χ0) is 16.6. The Hall–Kier alpha value is -2.11. The molecule has 0 radical (unpaired) electrons. The van der Waals surface area contributed by atoms with Gasteiger partial charge in [-0.2, -0.15) is 0 Å². The fourth-order valence-corrected chi connectivity index (χ4v) is 2.57. The molecule has 1 heterocycles. The number of methoxy groups -OCH3 is 1. The Morgan fingerprint density at radius 3 is 2.36 bits per heavy atom. The molecule has 6 nitrogen and oxygen atoms in total. The molecule has 0 aromatic carbocycles. The molecule has 120 valence electrons. The van der Waals surface area contributed by atoms with Crippen molar-refractivity contribution in [2.24, 2.45) is 11.8 Å². The number of Topliss-reactive ketones (excluding diaryl/α,β-unsaturated/α-hetero) is 1. The molecule has 3 atom stereocenters. The maximum absolute atomic E-state index is 12.4. The Balaban J connectivity index is 2.15. The van der Waals surface area contributed by atoms with Crippen LogP contribution in [-0.2, 0) is 14.3 Å². The number of aryl methyl sites for hydroxylation is 1. The maximum Gasteiger partial charge on any atom is 0.339 e. The van der Waals surface area contributed by atoms with E-state index in [0.29, 0.717) is 22.7 Å². The van der Waals surface area contributed by atoms with Gasteiger partial charge < -0.3 is 14.5 Å². The molecule has 0 amide bonds. The van der Waals surface area contributed by atoms with Crippen LogP contribution >= 0.6 is 0 Å². The first kappa shape index (κ1) is 16.3. The van der Waals surface area contributed by atoms with Crippen LogP contribution in [0, 0.1) is 25.7 Å². The monoisotopic (exact) mass is 307 g/mol. The van der Waals surface area contributed by atoms with Crippen LogP contribution in [-0.4, -0.2) is 35.9 Å². The van der Waals surface area contributed by atoms with E-state index in [0.717, 1.165) is 6.42 Å². The predicted molar refractivity (Wildman–Crippen MR) is 78.8 cm³/mol. The van der Waals surface area contributed by atoms with Gasteiger partial charge in [0.15, 0.2) is 6.10 Å². The number of hydrogen-bond donors (Lipinski definition) is 1. The summed E-state index contributed by atoms with van der Waals surface area (Å²) in [6.07, 6.45) is -0.0742. The number of carbonyl (C=O) groups excluding carboxylic acids is 3. The number of ketones is 1. The molecule has 1 N–H and O–H groups in total. The number of ether oxygens (including phenoxy) is 2.